The minimum atomic E-state index is -3.53. The summed E-state index contributed by atoms with van der Waals surface area (Å²) in [6.07, 6.45) is -0.594. The first-order valence-corrected chi connectivity index (χ1v) is 7.53. The van der Waals surface area contributed by atoms with Gasteiger partial charge >= 0.3 is 11.9 Å². The second-order valence-electron chi connectivity index (χ2n) is 3.89. The first-order valence-electron chi connectivity index (χ1n) is 5.05. The van der Waals surface area contributed by atoms with Crippen LogP contribution in [0.1, 0.15) is 6.92 Å². The van der Waals surface area contributed by atoms with Crippen LogP contribution in [-0.4, -0.2) is 61.5 Å². The van der Waals surface area contributed by atoms with Crippen LogP contribution in [0.15, 0.2) is 0 Å². The molecule has 2 atom stereocenters. The van der Waals surface area contributed by atoms with Crippen LogP contribution >= 0.6 is 12.6 Å². The number of carbonyl (C=O) groups excluding carboxylic acids is 1. The van der Waals surface area contributed by atoms with E-state index in [1.54, 1.807) is 0 Å². The summed E-state index contributed by atoms with van der Waals surface area (Å²) in [7, 11) is -2.32. The number of sulfonamides is 1. The Morgan fingerprint density at radius 3 is 2.28 bits per heavy atom. The maximum Gasteiger partial charge on any atom is 0.346 e. The maximum absolute atomic E-state index is 11.4. The highest BCUT2D eigenvalue weighted by Crippen LogP contribution is 2.06. The predicted molar refractivity (Wildman–Crippen MR) is 68.0 cm³/mol. The number of hydrogen-bond acceptors (Lipinski definition) is 6. The molecule has 0 spiro atoms. The summed E-state index contributed by atoms with van der Waals surface area (Å²) in [5.74, 6) is -2.46. The second kappa shape index (κ2) is 6.95. The fourth-order valence-electron chi connectivity index (χ4n) is 0.866. The van der Waals surface area contributed by atoms with Gasteiger partial charge in [0.25, 0.3) is 0 Å². The summed E-state index contributed by atoms with van der Waals surface area (Å²) in [5, 5.41) is 8.87. The Kier molecular flexibility index (Phi) is 6.64. The van der Waals surface area contributed by atoms with Crippen molar-refractivity contribution in [1.29, 1.82) is 0 Å². The van der Waals surface area contributed by atoms with Gasteiger partial charge in [0.15, 0.2) is 0 Å². The van der Waals surface area contributed by atoms with Gasteiger partial charge in [0.1, 0.15) is 0 Å². The zero-order chi connectivity index (χ0) is 14.5. The van der Waals surface area contributed by atoms with Crippen molar-refractivity contribution < 1.29 is 27.9 Å². The van der Waals surface area contributed by atoms with E-state index in [1.807, 2.05) is 0 Å². The van der Waals surface area contributed by atoms with Crippen LogP contribution in [0.2, 0.25) is 0 Å². The Morgan fingerprint density at radius 2 is 1.94 bits per heavy atom. The molecule has 0 saturated heterocycles. The molecule has 106 valence electrons. The number of esters is 1. The van der Waals surface area contributed by atoms with Crippen molar-refractivity contribution in [3.63, 3.8) is 0 Å². The molecule has 0 saturated carbocycles. The number of hydrogen-bond donors (Lipinski definition) is 2. The predicted octanol–water partition coefficient (Wildman–Crippen LogP) is -0.560. The smallest absolute Gasteiger partial charge is 0.346 e. The number of ether oxygens (including phenoxy) is 1. The summed E-state index contributed by atoms with van der Waals surface area (Å²) >= 11 is 3.89. The van der Waals surface area contributed by atoms with Crippen molar-refractivity contribution >= 4 is 34.6 Å². The van der Waals surface area contributed by atoms with Gasteiger partial charge < -0.3 is 9.84 Å². The van der Waals surface area contributed by atoms with E-state index in [4.69, 9.17) is 9.84 Å². The van der Waals surface area contributed by atoms with Crippen molar-refractivity contribution in [2.24, 2.45) is 5.92 Å². The molecule has 0 heterocycles. The van der Waals surface area contributed by atoms with Crippen LogP contribution in [-0.2, 0) is 24.3 Å². The lowest BCUT2D eigenvalue weighted by Crippen LogP contribution is -2.41. The van der Waals surface area contributed by atoms with E-state index in [2.05, 4.69) is 12.6 Å². The van der Waals surface area contributed by atoms with E-state index in [9.17, 15) is 18.0 Å². The maximum atomic E-state index is 11.4. The number of nitrogens with zero attached hydrogens (tertiary/aromatic N) is 1. The van der Waals surface area contributed by atoms with Crippen LogP contribution in [0.25, 0.3) is 0 Å². The van der Waals surface area contributed by atoms with Crippen LogP contribution in [0.5, 0.6) is 0 Å². The molecule has 0 radical (unpaired) electrons. The molecule has 1 unspecified atom stereocenters. The molecule has 1 N–H and O–H groups in total. The van der Waals surface area contributed by atoms with Gasteiger partial charge in [-0.15, -0.1) is 0 Å². The van der Waals surface area contributed by atoms with Gasteiger partial charge in [-0.25, -0.2) is 17.5 Å². The molecule has 0 bridgehead atoms. The molecule has 0 aliphatic heterocycles. The highest BCUT2D eigenvalue weighted by molar-refractivity contribution is 7.88. The fraction of sp³-hybridized carbons (Fsp3) is 0.778. The van der Waals surface area contributed by atoms with Crippen LogP contribution < -0.4 is 0 Å². The summed E-state index contributed by atoms with van der Waals surface area (Å²) < 4.78 is 27.8. The van der Waals surface area contributed by atoms with E-state index in [0.29, 0.717) is 0 Å². The zero-order valence-electron chi connectivity index (χ0n) is 10.4. The summed E-state index contributed by atoms with van der Waals surface area (Å²) in [6.45, 7) is 1.10. The van der Waals surface area contributed by atoms with E-state index in [-0.39, 0.29) is 5.75 Å². The molecule has 9 heteroatoms. The SMILES string of the molecule is C[C@H](CS)C(=O)OC(CN(C)S(C)(=O)=O)C(=O)O. The van der Waals surface area contributed by atoms with Gasteiger partial charge in [0, 0.05) is 12.8 Å². The van der Waals surface area contributed by atoms with Crippen LogP contribution in [0.3, 0.4) is 0 Å². The first kappa shape index (κ1) is 17.2. The number of aliphatic carboxylic acids is 1. The Bertz CT molecular complexity index is 407. The lowest BCUT2D eigenvalue weighted by atomic mass is 10.2. The standard InChI is InChI=1S/C9H17NO6S2/c1-6(5-17)9(13)16-7(8(11)12)4-10(2)18(3,14)15/h6-7,17H,4-5H2,1-3H3,(H,11,12)/t6-,7?/m1/s1. The monoisotopic (exact) mass is 299 g/mol. The van der Waals surface area contributed by atoms with Gasteiger partial charge in [-0.1, -0.05) is 6.92 Å². The Morgan fingerprint density at radius 1 is 1.44 bits per heavy atom. The van der Waals surface area contributed by atoms with E-state index < -0.39 is 40.5 Å². The quantitative estimate of drug-likeness (QED) is 0.483. The first-order chi connectivity index (χ1) is 8.09. The number of likely N-dealkylation sites (N-methyl/N-ethyl adjacent to an activating group) is 1. The number of carbonyl (C=O) groups is 2. The minimum absolute atomic E-state index is 0.215. The molecular formula is C9H17NO6S2. The van der Waals surface area contributed by atoms with Crippen molar-refractivity contribution in [3.8, 4) is 0 Å². The van der Waals surface area contributed by atoms with Crippen LogP contribution in [0, 0.1) is 5.92 Å². The number of rotatable bonds is 7. The number of carboxylic acids is 1. The topological polar surface area (TPSA) is 101 Å². The van der Waals surface area contributed by atoms with Crippen molar-refractivity contribution in [2.45, 2.75) is 13.0 Å². The summed E-state index contributed by atoms with van der Waals surface area (Å²) in [5.41, 5.74) is 0. The minimum Gasteiger partial charge on any atom is -0.478 e. The van der Waals surface area contributed by atoms with Gasteiger partial charge in [-0.3, -0.25) is 4.79 Å². The largest absolute Gasteiger partial charge is 0.478 e. The molecule has 7 nitrogen and oxygen atoms in total. The summed E-state index contributed by atoms with van der Waals surface area (Å²) in [4.78, 5) is 22.3. The fourth-order valence-corrected chi connectivity index (χ4v) is 1.42. The molecular weight excluding hydrogens is 282 g/mol. The molecule has 0 aliphatic carbocycles. The Hall–Kier alpha value is -0.800. The third-order valence-corrected chi connectivity index (χ3v) is 4.03. The molecule has 0 aromatic rings. The number of thiol groups is 1. The number of carboxylic acid groups (broad SMARTS) is 1. The molecule has 18 heavy (non-hydrogen) atoms. The molecule has 0 aliphatic rings. The molecule has 0 fully saturated rings. The van der Waals surface area contributed by atoms with Gasteiger partial charge in [-0.05, 0) is 0 Å². The molecule has 0 aromatic heterocycles. The highest BCUT2D eigenvalue weighted by Gasteiger charge is 2.28. The Labute approximate surface area is 112 Å². The van der Waals surface area contributed by atoms with Gasteiger partial charge in [0.2, 0.25) is 16.1 Å². The average molecular weight is 299 g/mol. The second-order valence-corrected chi connectivity index (χ2v) is 6.35. The van der Waals surface area contributed by atoms with Crippen molar-refractivity contribution in [3.05, 3.63) is 0 Å². The van der Waals surface area contributed by atoms with Crippen molar-refractivity contribution in [1.82, 2.24) is 4.31 Å². The van der Waals surface area contributed by atoms with E-state index in [0.717, 1.165) is 10.6 Å². The van der Waals surface area contributed by atoms with E-state index in [1.165, 1.54) is 14.0 Å². The van der Waals surface area contributed by atoms with Gasteiger partial charge in [-0.2, -0.15) is 12.6 Å². The van der Waals surface area contributed by atoms with Gasteiger partial charge in [0.05, 0.1) is 18.7 Å². The highest BCUT2D eigenvalue weighted by atomic mass is 32.2. The van der Waals surface area contributed by atoms with E-state index >= 15 is 0 Å². The van der Waals surface area contributed by atoms with Crippen molar-refractivity contribution in [2.75, 3.05) is 25.6 Å². The molecule has 0 aromatic carbocycles. The lowest BCUT2D eigenvalue weighted by Gasteiger charge is -2.20. The third kappa shape index (κ3) is 5.69. The zero-order valence-corrected chi connectivity index (χ0v) is 12.1. The van der Waals surface area contributed by atoms with Crippen LogP contribution in [0.4, 0.5) is 0 Å². The average Bonchev–Trinajstić information content (AvgIpc) is 2.25. The lowest BCUT2D eigenvalue weighted by molar-refractivity contribution is -0.166. The summed E-state index contributed by atoms with van der Waals surface area (Å²) in [6, 6.07) is 0. The normalized spacial score (nSPS) is 15.2. The molecule has 0 rings (SSSR count). The third-order valence-electron chi connectivity index (χ3n) is 2.20. The Balaban J connectivity index is 4.70. The molecule has 0 amide bonds.